The van der Waals surface area contributed by atoms with Crippen LogP contribution >= 0.6 is 0 Å². The molecule has 6 nitrogen and oxygen atoms in total. The Balaban J connectivity index is 1.62. The van der Waals surface area contributed by atoms with Gasteiger partial charge in [0.1, 0.15) is 10.7 Å². The molecular weight excluding hydrogens is 350 g/mol. The van der Waals surface area contributed by atoms with Gasteiger partial charge in [0.25, 0.3) is 0 Å². The highest BCUT2D eigenvalue weighted by molar-refractivity contribution is 7.89. The third-order valence-electron chi connectivity index (χ3n) is 4.59. The van der Waals surface area contributed by atoms with Crippen LogP contribution in [0.1, 0.15) is 36.5 Å². The monoisotopic (exact) mass is 375 g/mol. The zero-order chi connectivity index (χ0) is 18.6. The molecule has 140 valence electrons. The molecule has 0 aliphatic carbocycles. The molecule has 1 fully saturated rings. The van der Waals surface area contributed by atoms with E-state index in [-0.39, 0.29) is 4.90 Å². The van der Waals surface area contributed by atoms with E-state index < -0.39 is 16.1 Å². The highest BCUT2D eigenvalue weighted by atomic mass is 32.2. The number of aliphatic hydroxyl groups is 1. The summed E-state index contributed by atoms with van der Waals surface area (Å²) < 4.78 is 26.7. The minimum atomic E-state index is -3.46. The molecular formula is C19H25N3O3S. The van der Waals surface area contributed by atoms with Crippen molar-refractivity contribution in [2.45, 2.75) is 37.2 Å². The summed E-state index contributed by atoms with van der Waals surface area (Å²) in [4.78, 5) is 4.41. The van der Waals surface area contributed by atoms with Gasteiger partial charge < -0.3 is 10.4 Å². The standard InChI is InChI=1S/C19H25N3O3S/c1-15-6-5-7-16(12-15)18(23)14-21-19-9-8-17(13-20-19)26(24,25)22-10-3-2-4-11-22/h5-9,12-13,18,23H,2-4,10-11,14H2,1H3,(H,20,21). The summed E-state index contributed by atoms with van der Waals surface area (Å²) in [6, 6.07) is 10.9. The van der Waals surface area contributed by atoms with Gasteiger partial charge >= 0.3 is 0 Å². The van der Waals surface area contributed by atoms with Crippen LogP contribution in [0, 0.1) is 6.92 Å². The Hall–Kier alpha value is -1.96. The second kappa shape index (κ2) is 8.16. The molecule has 1 saturated heterocycles. The summed E-state index contributed by atoms with van der Waals surface area (Å²) in [7, 11) is -3.46. The Kier molecular flexibility index (Phi) is 5.90. The first-order chi connectivity index (χ1) is 12.5. The number of anilines is 1. The number of hydrogen-bond acceptors (Lipinski definition) is 5. The Morgan fingerprint density at radius 1 is 1.19 bits per heavy atom. The Morgan fingerprint density at radius 3 is 2.62 bits per heavy atom. The van der Waals surface area contributed by atoms with Crippen molar-refractivity contribution >= 4 is 15.8 Å². The van der Waals surface area contributed by atoms with Crippen LogP contribution in [0.15, 0.2) is 47.5 Å². The largest absolute Gasteiger partial charge is 0.387 e. The van der Waals surface area contributed by atoms with Crippen molar-refractivity contribution in [1.82, 2.24) is 9.29 Å². The number of aryl methyl sites for hydroxylation is 1. The van der Waals surface area contributed by atoms with Crippen molar-refractivity contribution in [1.29, 1.82) is 0 Å². The number of nitrogens with zero attached hydrogens (tertiary/aromatic N) is 2. The van der Waals surface area contributed by atoms with Crippen molar-refractivity contribution in [2.75, 3.05) is 25.0 Å². The summed E-state index contributed by atoms with van der Waals surface area (Å²) in [5, 5.41) is 13.3. The first kappa shape index (κ1) is 18.8. The van der Waals surface area contributed by atoms with Crippen molar-refractivity contribution < 1.29 is 13.5 Å². The zero-order valence-corrected chi connectivity index (χ0v) is 15.7. The topological polar surface area (TPSA) is 82.5 Å². The molecule has 1 aromatic carbocycles. The predicted octanol–water partition coefficient (Wildman–Crippen LogP) is 2.71. The van der Waals surface area contributed by atoms with Gasteiger partial charge in [-0.25, -0.2) is 13.4 Å². The second-order valence-electron chi connectivity index (χ2n) is 6.65. The van der Waals surface area contributed by atoms with E-state index in [0.717, 1.165) is 30.4 Å². The van der Waals surface area contributed by atoms with Gasteiger partial charge in [-0.15, -0.1) is 0 Å². The Bertz CT molecular complexity index is 831. The lowest BCUT2D eigenvalue weighted by atomic mass is 10.1. The number of benzene rings is 1. The molecule has 1 aliphatic rings. The van der Waals surface area contributed by atoms with Crippen LogP contribution in [0.2, 0.25) is 0 Å². The van der Waals surface area contributed by atoms with Crippen molar-refractivity contribution in [3.8, 4) is 0 Å². The third kappa shape index (κ3) is 4.41. The van der Waals surface area contributed by atoms with Gasteiger partial charge in [0.15, 0.2) is 0 Å². The van der Waals surface area contributed by atoms with E-state index in [1.54, 1.807) is 12.1 Å². The van der Waals surface area contributed by atoms with Crippen LogP contribution in [0.25, 0.3) is 0 Å². The maximum absolute atomic E-state index is 12.6. The van der Waals surface area contributed by atoms with Gasteiger partial charge in [-0.2, -0.15) is 4.31 Å². The number of hydrogen-bond donors (Lipinski definition) is 2. The van der Waals surface area contributed by atoms with Gasteiger partial charge in [-0.3, -0.25) is 0 Å². The van der Waals surface area contributed by atoms with Gasteiger partial charge in [-0.1, -0.05) is 36.2 Å². The van der Waals surface area contributed by atoms with Gasteiger partial charge in [0.2, 0.25) is 10.0 Å². The number of pyridine rings is 1. The van der Waals surface area contributed by atoms with Crippen molar-refractivity contribution in [2.24, 2.45) is 0 Å². The molecule has 0 amide bonds. The van der Waals surface area contributed by atoms with Gasteiger partial charge in [0.05, 0.1) is 6.10 Å². The Labute approximate surface area is 154 Å². The number of piperidine rings is 1. The predicted molar refractivity (Wildman–Crippen MR) is 101 cm³/mol. The summed E-state index contributed by atoms with van der Waals surface area (Å²) in [5.74, 6) is 0.536. The van der Waals surface area contributed by atoms with Gasteiger partial charge in [0, 0.05) is 25.8 Å². The number of rotatable bonds is 6. The summed E-state index contributed by atoms with van der Waals surface area (Å²) in [6.45, 7) is 3.43. The lowest BCUT2D eigenvalue weighted by Gasteiger charge is -2.25. The van der Waals surface area contributed by atoms with Gasteiger partial charge in [-0.05, 0) is 37.5 Å². The molecule has 3 rings (SSSR count). The van der Waals surface area contributed by atoms with E-state index in [4.69, 9.17) is 0 Å². The minimum absolute atomic E-state index is 0.212. The van der Waals surface area contributed by atoms with E-state index in [0.29, 0.717) is 25.5 Å². The average Bonchev–Trinajstić information content (AvgIpc) is 2.67. The molecule has 2 aromatic rings. The summed E-state index contributed by atoms with van der Waals surface area (Å²) in [6.07, 6.45) is 3.61. The molecule has 1 unspecified atom stereocenters. The number of nitrogens with one attached hydrogen (secondary N) is 1. The molecule has 1 aromatic heterocycles. The SMILES string of the molecule is Cc1cccc(C(O)CNc2ccc(S(=O)(=O)N3CCCCC3)cn2)c1. The zero-order valence-electron chi connectivity index (χ0n) is 14.9. The molecule has 7 heteroatoms. The maximum Gasteiger partial charge on any atom is 0.244 e. The Morgan fingerprint density at radius 2 is 1.96 bits per heavy atom. The fraction of sp³-hybridized carbons (Fsp3) is 0.421. The molecule has 2 N–H and O–H groups in total. The first-order valence-corrected chi connectivity index (χ1v) is 10.4. The van der Waals surface area contributed by atoms with E-state index in [1.807, 2.05) is 31.2 Å². The lowest BCUT2D eigenvalue weighted by molar-refractivity contribution is 0.191. The minimum Gasteiger partial charge on any atom is -0.387 e. The van der Waals surface area contributed by atoms with E-state index in [2.05, 4.69) is 10.3 Å². The molecule has 2 heterocycles. The maximum atomic E-state index is 12.6. The molecule has 0 saturated carbocycles. The smallest absolute Gasteiger partial charge is 0.244 e. The molecule has 0 spiro atoms. The van der Waals surface area contributed by atoms with Crippen LogP contribution < -0.4 is 5.32 Å². The van der Waals surface area contributed by atoms with Crippen LogP contribution in [0.3, 0.4) is 0 Å². The normalized spacial score (nSPS) is 17.0. The third-order valence-corrected chi connectivity index (χ3v) is 6.47. The molecule has 1 aliphatic heterocycles. The highest BCUT2D eigenvalue weighted by Crippen LogP contribution is 2.21. The fourth-order valence-corrected chi connectivity index (χ4v) is 4.55. The molecule has 0 radical (unpaired) electrons. The van der Waals surface area contributed by atoms with E-state index >= 15 is 0 Å². The number of aliphatic hydroxyl groups excluding tert-OH is 1. The van der Waals surface area contributed by atoms with Crippen molar-refractivity contribution in [3.63, 3.8) is 0 Å². The number of aromatic nitrogens is 1. The van der Waals surface area contributed by atoms with E-state index in [1.165, 1.54) is 10.5 Å². The van der Waals surface area contributed by atoms with Crippen LogP contribution in [0.4, 0.5) is 5.82 Å². The highest BCUT2D eigenvalue weighted by Gasteiger charge is 2.26. The first-order valence-electron chi connectivity index (χ1n) is 8.91. The number of sulfonamides is 1. The van der Waals surface area contributed by atoms with Crippen LogP contribution in [-0.4, -0.2) is 42.4 Å². The molecule has 26 heavy (non-hydrogen) atoms. The summed E-state index contributed by atoms with van der Waals surface area (Å²) >= 11 is 0. The lowest BCUT2D eigenvalue weighted by Crippen LogP contribution is -2.35. The molecule has 1 atom stereocenters. The van der Waals surface area contributed by atoms with E-state index in [9.17, 15) is 13.5 Å². The average molecular weight is 375 g/mol. The van der Waals surface area contributed by atoms with Crippen LogP contribution in [0.5, 0.6) is 0 Å². The van der Waals surface area contributed by atoms with Crippen molar-refractivity contribution in [3.05, 3.63) is 53.7 Å². The summed E-state index contributed by atoms with van der Waals surface area (Å²) in [5.41, 5.74) is 1.92. The quantitative estimate of drug-likeness (QED) is 0.811. The van der Waals surface area contributed by atoms with Crippen LogP contribution in [-0.2, 0) is 10.0 Å². The second-order valence-corrected chi connectivity index (χ2v) is 8.59. The molecule has 0 bridgehead atoms. The fourth-order valence-electron chi connectivity index (χ4n) is 3.09.